The molecule has 1 aliphatic heterocycles. The van der Waals surface area contributed by atoms with Crippen molar-refractivity contribution in [1.82, 2.24) is 4.90 Å². The minimum absolute atomic E-state index is 0.894. The standard InChI is InChI=1S/C16H29NO/c1-2-3-4-5-6-7-8-9-10-11-12-17-13-15-18-16-14-17/h2-8,11-16H2,1H3. The van der Waals surface area contributed by atoms with Crippen molar-refractivity contribution in [2.45, 2.75) is 58.3 Å². The minimum atomic E-state index is 0.894. The molecule has 104 valence electrons. The lowest BCUT2D eigenvalue weighted by Crippen LogP contribution is -2.36. The highest BCUT2D eigenvalue weighted by atomic mass is 16.5. The predicted molar refractivity (Wildman–Crippen MR) is 77.6 cm³/mol. The Morgan fingerprint density at radius 3 is 2.33 bits per heavy atom. The van der Waals surface area contributed by atoms with Gasteiger partial charge < -0.3 is 4.74 Å². The van der Waals surface area contributed by atoms with E-state index >= 15 is 0 Å². The molecule has 0 saturated carbocycles. The van der Waals surface area contributed by atoms with Gasteiger partial charge in [0.2, 0.25) is 0 Å². The van der Waals surface area contributed by atoms with Gasteiger partial charge in [0.1, 0.15) is 0 Å². The molecular formula is C16H29NO. The van der Waals surface area contributed by atoms with Gasteiger partial charge in [-0.1, -0.05) is 39.0 Å². The summed E-state index contributed by atoms with van der Waals surface area (Å²) < 4.78 is 5.32. The van der Waals surface area contributed by atoms with E-state index in [2.05, 4.69) is 23.7 Å². The largest absolute Gasteiger partial charge is 0.379 e. The number of morpholine rings is 1. The average Bonchev–Trinajstić information content (AvgIpc) is 2.42. The number of hydrogen-bond donors (Lipinski definition) is 0. The molecule has 0 radical (unpaired) electrons. The van der Waals surface area contributed by atoms with E-state index in [1.807, 2.05) is 0 Å². The summed E-state index contributed by atoms with van der Waals surface area (Å²) in [6.07, 6.45) is 10.3. The van der Waals surface area contributed by atoms with E-state index in [-0.39, 0.29) is 0 Å². The van der Waals surface area contributed by atoms with Gasteiger partial charge >= 0.3 is 0 Å². The molecule has 0 amide bonds. The first-order valence-electron chi connectivity index (χ1n) is 7.69. The summed E-state index contributed by atoms with van der Waals surface area (Å²) in [6, 6.07) is 0. The summed E-state index contributed by atoms with van der Waals surface area (Å²) >= 11 is 0. The first-order chi connectivity index (χ1) is 8.93. The van der Waals surface area contributed by atoms with Crippen LogP contribution in [0.15, 0.2) is 0 Å². The van der Waals surface area contributed by atoms with Crippen molar-refractivity contribution in [1.29, 1.82) is 0 Å². The van der Waals surface area contributed by atoms with Gasteiger partial charge in [-0.2, -0.15) is 0 Å². The Hall–Kier alpha value is -0.520. The lowest BCUT2D eigenvalue weighted by atomic mass is 10.1. The second-order valence-corrected chi connectivity index (χ2v) is 5.08. The summed E-state index contributed by atoms with van der Waals surface area (Å²) in [6.45, 7) is 7.33. The molecule has 1 heterocycles. The second-order valence-electron chi connectivity index (χ2n) is 5.08. The number of ether oxygens (including phenoxy) is 1. The summed E-state index contributed by atoms with van der Waals surface area (Å²) in [5.41, 5.74) is 0. The molecule has 0 N–H and O–H groups in total. The van der Waals surface area contributed by atoms with Crippen LogP contribution in [0.2, 0.25) is 0 Å². The Balaban J connectivity index is 1.85. The Morgan fingerprint density at radius 2 is 1.56 bits per heavy atom. The van der Waals surface area contributed by atoms with Crippen molar-refractivity contribution < 1.29 is 4.74 Å². The summed E-state index contributed by atoms with van der Waals surface area (Å²) in [4.78, 5) is 2.45. The molecule has 2 heteroatoms. The van der Waals surface area contributed by atoms with Gasteiger partial charge in [-0.3, -0.25) is 4.90 Å². The lowest BCUT2D eigenvalue weighted by molar-refractivity contribution is 0.0390. The zero-order valence-corrected chi connectivity index (χ0v) is 12.0. The van der Waals surface area contributed by atoms with Gasteiger partial charge in [0.05, 0.1) is 13.2 Å². The molecule has 0 spiro atoms. The van der Waals surface area contributed by atoms with Gasteiger partial charge in [-0.05, 0) is 6.42 Å². The molecule has 1 rings (SSSR count). The van der Waals surface area contributed by atoms with Crippen molar-refractivity contribution in [3.8, 4) is 11.8 Å². The fourth-order valence-corrected chi connectivity index (χ4v) is 2.21. The van der Waals surface area contributed by atoms with E-state index in [4.69, 9.17) is 4.74 Å². The van der Waals surface area contributed by atoms with E-state index in [0.717, 1.165) is 45.7 Å². The van der Waals surface area contributed by atoms with Crippen LogP contribution in [0.25, 0.3) is 0 Å². The first-order valence-corrected chi connectivity index (χ1v) is 7.69. The predicted octanol–water partition coefficient (Wildman–Crippen LogP) is 3.46. The molecular weight excluding hydrogens is 222 g/mol. The van der Waals surface area contributed by atoms with E-state index in [1.54, 1.807) is 0 Å². The van der Waals surface area contributed by atoms with Crippen LogP contribution < -0.4 is 0 Å². The maximum atomic E-state index is 5.32. The van der Waals surface area contributed by atoms with Gasteiger partial charge in [0.25, 0.3) is 0 Å². The van der Waals surface area contributed by atoms with Crippen LogP contribution in [0, 0.1) is 11.8 Å². The SMILES string of the molecule is CCCCCCCCC#CCCN1CCOCC1. The summed E-state index contributed by atoms with van der Waals surface area (Å²) in [5.74, 6) is 6.61. The Morgan fingerprint density at radius 1 is 0.889 bits per heavy atom. The van der Waals surface area contributed by atoms with Gasteiger partial charge in [-0.15, -0.1) is 11.8 Å². The molecule has 2 nitrogen and oxygen atoms in total. The maximum Gasteiger partial charge on any atom is 0.0594 e. The van der Waals surface area contributed by atoms with E-state index in [1.165, 1.54) is 38.5 Å². The quantitative estimate of drug-likeness (QED) is 0.484. The number of nitrogens with zero attached hydrogens (tertiary/aromatic N) is 1. The van der Waals surface area contributed by atoms with Crippen LogP contribution in [-0.2, 0) is 4.74 Å². The average molecular weight is 251 g/mol. The van der Waals surface area contributed by atoms with Crippen molar-refractivity contribution in [3.63, 3.8) is 0 Å². The van der Waals surface area contributed by atoms with E-state index in [9.17, 15) is 0 Å². The summed E-state index contributed by atoms with van der Waals surface area (Å²) in [5, 5.41) is 0. The zero-order valence-electron chi connectivity index (χ0n) is 12.0. The topological polar surface area (TPSA) is 12.5 Å². The molecule has 1 saturated heterocycles. The van der Waals surface area contributed by atoms with Crippen LogP contribution in [0.3, 0.4) is 0 Å². The molecule has 0 aromatic rings. The Bertz CT molecular complexity index is 235. The van der Waals surface area contributed by atoms with Gasteiger partial charge in [0, 0.05) is 32.5 Å². The molecule has 18 heavy (non-hydrogen) atoms. The van der Waals surface area contributed by atoms with Crippen molar-refractivity contribution in [2.24, 2.45) is 0 Å². The van der Waals surface area contributed by atoms with Crippen molar-refractivity contribution in [3.05, 3.63) is 0 Å². The molecule has 0 atom stereocenters. The first kappa shape index (κ1) is 15.5. The maximum absolute atomic E-state index is 5.32. The van der Waals surface area contributed by atoms with Crippen LogP contribution in [0.1, 0.15) is 58.3 Å². The smallest absolute Gasteiger partial charge is 0.0594 e. The number of unbranched alkanes of at least 4 members (excludes halogenated alkanes) is 6. The molecule has 0 aromatic heterocycles. The highest BCUT2D eigenvalue weighted by molar-refractivity contribution is 4.99. The third-order valence-corrected chi connectivity index (χ3v) is 3.44. The van der Waals surface area contributed by atoms with Crippen molar-refractivity contribution in [2.75, 3.05) is 32.8 Å². The minimum Gasteiger partial charge on any atom is -0.379 e. The highest BCUT2D eigenvalue weighted by Gasteiger charge is 2.07. The van der Waals surface area contributed by atoms with E-state index < -0.39 is 0 Å². The normalized spacial score (nSPS) is 16.3. The van der Waals surface area contributed by atoms with Crippen LogP contribution in [-0.4, -0.2) is 37.7 Å². The molecule has 1 fully saturated rings. The fraction of sp³-hybridized carbons (Fsp3) is 0.875. The molecule has 0 aromatic carbocycles. The van der Waals surface area contributed by atoms with E-state index in [0.29, 0.717) is 0 Å². The molecule has 0 aliphatic carbocycles. The van der Waals surface area contributed by atoms with Crippen LogP contribution >= 0.6 is 0 Å². The molecule has 0 bridgehead atoms. The Kier molecular flexibility index (Phi) is 9.98. The van der Waals surface area contributed by atoms with Crippen molar-refractivity contribution >= 4 is 0 Å². The summed E-state index contributed by atoms with van der Waals surface area (Å²) in [7, 11) is 0. The van der Waals surface area contributed by atoms with Gasteiger partial charge in [0.15, 0.2) is 0 Å². The van der Waals surface area contributed by atoms with Gasteiger partial charge in [-0.25, -0.2) is 0 Å². The van der Waals surface area contributed by atoms with Crippen LogP contribution in [0.4, 0.5) is 0 Å². The number of rotatable bonds is 8. The molecule has 0 unspecified atom stereocenters. The third kappa shape index (κ3) is 8.55. The number of hydrogen-bond acceptors (Lipinski definition) is 2. The highest BCUT2D eigenvalue weighted by Crippen LogP contribution is 2.06. The lowest BCUT2D eigenvalue weighted by Gasteiger charge is -2.25. The van der Waals surface area contributed by atoms with Crippen LogP contribution in [0.5, 0.6) is 0 Å². The molecule has 1 aliphatic rings. The third-order valence-electron chi connectivity index (χ3n) is 3.44. The fourth-order valence-electron chi connectivity index (χ4n) is 2.21. The monoisotopic (exact) mass is 251 g/mol. The zero-order chi connectivity index (χ0) is 12.9. The second kappa shape index (κ2) is 11.6. The Labute approximate surface area is 113 Å².